The van der Waals surface area contributed by atoms with Crippen LogP contribution in [0.3, 0.4) is 0 Å². The van der Waals surface area contributed by atoms with E-state index >= 15 is 0 Å². The van der Waals surface area contributed by atoms with E-state index in [9.17, 15) is 9.59 Å². The van der Waals surface area contributed by atoms with Crippen LogP contribution in [0.5, 0.6) is 0 Å². The lowest BCUT2D eigenvalue weighted by atomic mass is 10.2. The average molecular weight is 410 g/mol. The summed E-state index contributed by atoms with van der Waals surface area (Å²) in [6, 6.07) is 8.19. The van der Waals surface area contributed by atoms with Gasteiger partial charge in [-0.2, -0.15) is 0 Å². The molecule has 3 rings (SSSR count). The number of benzene rings is 1. The molecule has 9 heteroatoms. The van der Waals surface area contributed by atoms with Gasteiger partial charge in [0.15, 0.2) is 22.4 Å². The molecule has 0 aliphatic carbocycles. The molecule has 2 aromatic heterocycles. The first-order valence-electron chi connectivity index (χ1n) is 7.79. The third kappa shape index (κ3) is 4.57. The van der Waals surface area contributed by atoms with Crippen molar-refractivity contribution in [2.75, 3.05) is 18.9 Å². The normalized spacial score (nSPS) is 10.8. The molecule has 0 fully saturated rings. The number of thiazole rings is 1. The Kier molecular flexibility index (Phi) is 6.18. The van der Waals surface area contributed by atoms with Crippen LogP contribution in [0.2, 0.25) is 5.15 Å². The second-order valence-electron chi connectivity index (χ2n) is 5.39. The van der Waals surface area contributed by atoms with E-state index in [1.807, 2.05) is 31.2 Å². The third-order valence-corrected chi connectivity index (χ3v) is 5.50. The van der Waals surface area contributed by atoms with E-state index in [1.165, 1.54) is 16.9 Å². The molecule has 2 heterocycles. The summed E-state index contributed by atoms with van der Waals surface area (Å²) in [5.41, 5.74) is 1.34. The second-order valence-corrected chi connectivity index (χ2v) is 7.79. The van der Waals surface area contributed by atoms with Crippen molar-refractivity contribution in [1.82, 2.24) is 14.7 Å². The van der Waals surface area contributed by atoms with E-state index in [-0.39, 0.29) is 23.4 Å². The number of hydrogen-bond donors (Lipinski definition) is 1. The summed E-state index contributed by atoms with van der Waals surface area (Å²) in [7, 11) is 0. The highest BCUT2D eigenvalue weighted by atomic mass is 35.5. The summed E-state index contributed by atoms with van der Waals surface area (Å²) in [4.78, 5) is 29.8. The number of fused-ring (bicyclic) bond motifs is 1. The molecule has 0 unspecified atom stereocenters. The lowest BCUT2D eigenvalue weighted by molar-refractivity contribution is -0.124. The molecule has 0 saturated heterocycles. The molecule has 1 amide bonds. The summed E-state index contributed by atoms with van der Waals surface area (Å²) in [6.45, 7) is 2.16. The molecule has 6 nitrogen and oxygen atoms in total. The number of carbonyl (C=O) groups excluding carboxylic acids is 2. The molecule has 1 aromatic carbocycles. The average Bonchev–Trinajstić information content (AvgIpc) is 3.18. The molecule has 1 N–H and O–H groups in total. The minimum atomic E-state index is -0.676. The first-order chi connectivity index (χ1) is 12.5. The highest BCUT2D eigenvalue weighted by Gasteiger charge is 2.21. The largest absolute Gasteiger partial charge is 0.451 e. The SMILES string of the molecule is Cc1ccc(SCCNC(=O)COC(=O)c2c(Cl)nc3sccn23)cc1. The Bertz CT molecular complexity index is 921. The third-order valence-electron chi connectivity index (χ3n) is 3.46. The summed E-state index contributed by atoms with van der Waals surface area (Å²) in [5.74, 6) is -0.303. The standard InChI is InChI=1S/C17H16ClN3O3S2/c1-11-2-4-12(5-3-11)25-8-6-19-13(22)10-24-16(23)14-15(18)20-17-21(14)7-9-26-17/h2-5,7,9H,6,8,10H2,1H3,(H,19,22). The van der Waals surface area contributed by atoms with Gasteiger partial charge in [-0.15, -0.1) is 23.1 Å². The number of halogens is 1. The highest BCUT2D eigenvalue weighted by Crippen LogP contribution is 2.22. The number of aryl methyl sites for hydroxylation is 1. The smallest absolute Gasteiger partial charge is 0.359 e. The van der Waals surface area contributed by atoms with E-state index in [0.717, 1.165) is 10.6 Å². The van der Waals surface area contributed by atoms with Crippen molar-refractivity contribution in [3.05, 3.63) is 52.3 Å². The second kappa shape index (κ2) is 8.57. The van der Waals surface area contributed by atoms with Gasteiger partial charge in [0, 0.05) is 28.8 Å². The van der Waals surface area contributed by atoms with Crippen LogP contribution in [0, 0.1) is 6.92 Å². The summed E-state index contributed by atoms with van der Waals surface area (Å²) < 4.78 is 6.58. The molecule has 0 saturated carbocycles. The first kappa shape index (κ1) is 18.8. The maximum Gasteiger partial charge on any atom is 0.359 e. The van der Waals surface area contributed by atoms with Crippen LogP contribution in [0.15, 0.2) is 40.7 Å². The molecule has 3 aromatic rings. The number of imidazole rings is 1. The Morgan fingerprint density at radius 3 is 2.88 bits per heavy atom. The summed E-state index contributed by atoms with van der Waals surface area (Å²) in [5, 5.41) is 4.57. The molecule has 0 aliphatic rings. The zero-order valence-corrected chi connectivity index (χ0v) is 16.3. The molecule has 136 valence electrons. The van der Waals surface area contributed by atoms with Gasteiger partial charge in [0.1, 0.15) is 0 Å². The maximum absolute atomic E-state index is 12.1. The molecule has 0 spiro atoms. The van der Waals surface area contributed by atoms with Gasteiger partial charge in [0.2, 0.25) is 0 Å². The van der Waals surface area contributed by atoms with Crippen LogP contribution in [-0.4, -0.2) is 40.2 Å². The van der Waals surface area contributed by atoms with Gasteiger partial charge in [-0.3, -0.25) is 9.20 Å². The van der Waals surface area contributed by atoms with Crippen molar-refractivity contribution in [1.29, 1.82) is 0 Å². The Balaban J connectivity index is 1.41. The fourth-order valence-corrected chi connectivity index (χ4v) is 3.97. The van der Waals surface area contributed by atoms with Crippen LogP contribution in [0.4, 0.5) is 0 Å². The molecular formula is C17H16ClN3O3S2. The van der Waals surface area contributed by atoms with Gasteiger partial charge < -0.3 is 10.1 Å². The fourth-order valence-electron chi connectivity index (χ4n) is 2.19. The Morgan fingerprint density at radius 2 is 2.12 bits per heavy atom. The number of aromatic nitrogens is 2. The van der Waals surface area contributed by atoms with E-state index in [1.54, 1.807) is 27.7 Å². The Morgan fingerprint density at radius 1 is 1.35 bits per heavy atom. The van der Waals surface area contributed by atoms with Crippen LogP contribution in [0.1, 0.15) is 16.1 Å². The number of amides is 1. The van der Waals surface area contributed by atoms with Gasteiger partial charge in [0.05, 0.1) is 0 Å². The van der Waals surface area contributed by atoms with Gasteiger partial charge in [0.25, 0.3) is 5.91 Å². The number of nitrogens with zero attached hydrogens (tertiary/aromatic N) is 2. The van der Waals surface area contributed by atoms with Crippen molar-refractivity contribution in [2.45, 2.75) is 11.8 Å². The maximum atomic E-state index is 12.1. The predicted molar refractivity (Wildman–Crippen MR) is 103 cm³/mol. The highest BCUT2D eigenvalue weighted by molar-refractivity contribution is 7.99. The van der Waals surface area contributed by atoms with Gasteiger partial charge >= 0.3 is 5.97 Å². The van der Waals surface area contributed by atoms with Crippen molar-refractivity contribution in [3.63, 3.8) is 0 Å². The number of nitrogens with one attached hydrogen (secondary N) is 1. The van der Waals surface area contributed by atoms with Crippen LogP contribution in [-0.2, 0) is 9.53 Å². The van der Waals surface area contributed by atoms with E-state index in [4.69, 9.17) is 16.3 Å². The topological polar surface area (TPSA) is 72.7 Å². The zero-order valence-electron chi connectivity index (χ0n) is 13.9. The van der Waals surface area contributed by atoms with E-state index in [2.05, 4.69) is 10.3 Å². The number of rotatable bonds is 7. The van der Waals surface area contributed by atoms with Crippen molar-refractivity contribution in [2.24, 2.45) is 0 Å². The fraction of sp³-hybridized carbons (Fsp3) is 0.235. The van der Waals surface area contributed by atoms with Crippen molar-refractivity contribution >= 4 is 51.5 Å². The summed E-state index contributed by atoms with van der Waals surface area (Å²) in [6.07, 6.45) is 1.68. The number of ether oxygens (including phenoxy) is 1. The molecule has 26 heavy (non-hydrogen) atoms. The van der Waals surface area contributed by atoms with E-state index in [0.29, 0.717) is 11.5 Å². The molecular weight excluding hydrogens is 394 g/mol. The molecule has 0 aliphatic heterocycles. The molecule has 0 atom stereocenters. The number of hydrogen-bond acceptors (Lipinski definition) is 6. The molecule has 0 radical (unpaired) electrons. The number of thioether (sulfide) groups is 1. The van der Waals surface area contributed by atoms with E-state index < -0.39 is 5.97 Å². The lowest BCUT2D eigenvalue weighted by Gasteiger charge is -2.07. The monoisotopic (exact) mass is 409 g/mol. The Labute approximate surface area is 163 Å². The van der Waals surface area contributed by atoms with Gasteiger partial charge in [-0.25, -0.2) is 9.78 Å². The Hall–Kier alpha value is -2.03. The predicted octanol–water partition coefficient (Wildman–Crippen LogP) is 3.42. The molecule has 0 bridgehead atoms. The van der Waals surface area contributed by atoms with Crippen LogP contribution >= 0.6 is 34.7 Å². The zero-order chi connectivity index (χ0) is 18.5. The quantitative estimate of drug-likeness (QED) is 0.367. The van der Waals surface area contributed by atoms with Gasteiger partial charge in [-0.1, -0.05) is 29.3 Å². The first-order valence-corrected chi connectivity index (χ1v) is 10.0. The summed E-state index contributed by atoms with van der Waals surface area (Å²) >= 11 is 8.96. The lowest BCUT2D eigenvalue weighted by Crippen LogP contribution is -2.30. The van der Waals surface area contributed by atoms with Crippen molar-refractivity contribution in [3.8, 4) is 0 Å². The minimum absolute atomic E-state index is 0.0664. The van der Waals surface area contributed by atoms with Gasteiger partial charge in [-0.05, 0) is 19.1 Å². The van der Waals surface area contributed by atoms with Crippen LogP contribution in [0.25, 0.3) is 4.96 Å². The minimum Gasteiger partial charge on any atom is -0.451 e. The number of esters is 1. The van der Waals surface area contributed by atoms with Crippen LogP contribution < -0.4 is 5.32 Å². The van der Waals surface area contributed by atoms with Crippen molar-refractivity contribution < 1.29 is 14.3 Å². The number of carbonyl (C=O) groups is 2.